The second-order valence-electron chi connectivity index (χ2n) is 4.78. The molecular weight excluding hydrogens is 190 g/mol. The quantitative estimate of drug-likeness (QED) is 0.687. The molecule has 0 aromatic heterocycles. The van der Waals surface area contributed by atoms with E-state index >= 15 is 0 Å². The van der Waals surface area contributed by atoms with Crippen LogP contribution in [-0.4, -0.2) is 42.5 Å². The lowest BCUT2D eigenvalue weighted by Crippen LogP contribution is -2.40. The minimum Gasteiger partial charge on any atom is -0.327 e. The van der Waals surface area contributed by atoms with Gasteiger partial charge in [0.2, 0.25) is 0 Å². The molecule has 1 aliphatic heterocycles. The molecule has 0 aromatic rings. The monoisotopic (exact) mass is 207 g/mol. The van der Waals surface area contributed by atoms with Crippen molar-refractivity contribution in [3.63, 3.8) is 0 Å². The first-order valence-corrected chi connectivity index (χ1v) is 5.54. The summed E-state index contributed by atoms with van der Waals surface area (Å²) in [7, 11) is 1.78. The van der Waals surface area contributed by atoms with Crippen molar-refractivity contribution in [2.75, 3.05) is 26.7 Å². The summed E-state index contributed by atoms with van der Waals surface area (Å²) in [4.78, 5) is 15.5. The molecule has 0 N–H and O–H groups in total. The molecule has 15 heavy (non-hydrogen) atoms. The lowest BCUT2D eigenvalue weighted by atomic mass is 10.1. The van der Waals surface area contributed by atoms with Gasteiger partial charge < -0.3 is 9.80 Å². The first-order chi connectivity index (χ1) is 7.17. The molecule has 2 rings (SSSR count). The number of hydrogen-bond acceptors (Lipinski definition) is 2. The fraction of sp³-hybridized carbons (Fsp3) is 0.818. The van der Waals surface area contributed by atoms with Crippen molar-refractivity contribution in [2.24, 2.45) is 5.41 Å². The van der Waals surface area contributed by atoms with Crippen LogP contribution in [0.2, 0.25) is 0 Å². The van der Waals surface area contributed by atoms with Gasteiger partial charge in [0.05, 0.1) is 12.5 Å². The number of carbonyl (C=O) groups is 1. The molecule has 1 spiro atoms. The Bertz CT molecular complexity index is 303. The van der Waals surface area contributed by atoms with Crippen molar-refractivity contribution in [2.45, 2.75) is 25.7 Å². The Kier molecular flexibility index (Phi) is 2.56. The number of likely N-dealkylation sites (tertiary alicyclic amines) is 1. The van der Waals surface area contributed by atoms with Crippen molar-refractivity contribution < 1.29 is 4.79 Å². The summed E-state index contributed by atoms with van der Waals surface area (Å²) in [5, 5.41) is 8.45. The first-order valence-electron chi connectivity index (χ1n) is 5.54. The van der Waals surface area contributed by atoms with Crippen molar-refractivity contribution in [3.8, 4) is 6.07 Å². The van der Waals surface area contributed by atoms with Crippen molar-refractivity contribution in [1.82, 2.24) is 9.80 Å². The second kappa shape index (κ2) is 3.73. The number of urea groups is 1. The summed E-state index contributed by atoms with van der Waals surface area (Å²) in [6.45, 7) is 2.37. The maximum Gasteiger partial charge on any atom is 0.319 e. The zero-order valence-corrected chi connectivity index (χ0v) is 9.20. The smallest absolute Gasteiger partial charge is 0.319 e. The predicted octanol–water partition coefficient (Wildman–Crippen LogP) is 1.44. The number of amides is 2. The third kappa shape index (κ3) is 2.06. The van der Waals surface area contributed by atoms with E-state index in [-0.39, 0.29) is 6.03 Å². The van der Waals surface area contributed by atoms with Crippen LogP contribution in [-0.2, 0) is 0 Å². The third-order valence-corrected chi connectivity index (χ3v) is 3.55. The summed E-state index contributed by atoms with van der Waals surface area (Å²) in [6.07, 6.45) is 4.17. The van der Waals surface area contributed by atoms with Gasteiger partial charge in [-0.25, -0.2) is 4.79 Å². The molecule has 2 fully saturated rings. The molecule has 0 bridgehead atoms. The van der Waals surface area contributed by atoms with E-state index in [2.05, 4.69) is 6.07 Å². The van der Waals surface area contributed by atoms with Gasteiger partial charge in [-0.3, -0.25) is 0 Å². The maximum atomic E-state index is 11.9. The molecule has 1 saturated heterocycles. The van der Waals surface area contributed by atoms with Crippen LogP contribution in [0.25, 0.3) is 0 Å². The summed E-state index contributed by atoms with van der Waals surface area (Å²) in [5.74, 6) is 0. The Morgan fingerprint density at radius 3 is 2.80 bits per heavy atom. The number of nitrogens with zero attached hydrogens (tertiary/aromatic N) is 3. The minimum atomic E-state index is 0.0917. The SMILES string of the molecule is CN(CCC#N)C(=O)N1CCC2(CC2)C1. The van der Waals surface area contributed by atoms with Crippen LogP contribution in [0.15, 0.2) is 0 Å². The summed E-state index contributed by atoms with van der Waals surface area (Å²) in [5.41, 5.74) is 0.492. The Labute approximate surface area is 90.5 Å². The lowest BCUT2D eigenvalue weighted by Gasteiger charge is -2.23. The Morgan fingerprint density at radius 1 is 1.53 bits per heavy atom. The highest BCUT2D eigenvalue weighted by atomic mass is 16.2. The second-order valence-corrected chi connectivity index (χ2v) is 4.78. The molecule has 82 valence electrons. The van der Waals surface area contributed by atoms with E-state index in [1.54, 1.807) is 11.9 Å². The molecule has 0 unspecified atom stereocenters. The van der Waals surface area contributed by atoms with Gasteiger partial charge in [-0.15, -0.1) is 0 Å². The Balaban J connectivity index is 1.83. The van der Waals surface area contributed by atoms with Crippen LogP contribution in [0.1, 0.15) is 25.7 Å². The number of carbonyl (C=O) groups excluding carboxylic acids is 1. The number of rotatable bonds is 2. The molecule has 1 saturated carbocycles. The molecule has 1 heterocycles. The van der Waals surface area contributed by atoms with E-state index in [0.717, 1.165) is 13.1 Å². The average molecular weight is 207 g/mol. The molecule has 2 aliphatic rings. The van der Waals surface area contributed by atoms with E-state index < -0.39 is 0 Å². The highest BCUT2D eigenvalue weighted by Gasteiger charge is 2.49. The van der Waals surface area contributed by atoms with Gasteiger partial charge >= 0.3 is 6.03 Å². The van der Waals surface area contributed by atoms with E-state index in [1.165, 1.54) is 19.3 Å². The topological polar surface area (TPSA) is 47.3 Å². The standard InChI is InChI=1S/C11H17N3O/c1-13(7-2-6-12)10(15)14-8-5-11(9-14)3-4-11/h2-5,7-9H2,1H3. The Morgan fingerprint density at radius 2 is 2.27 bits per heavy atom. The van der Waals surface area contributed by atoms with Gasteiger partial charge in [-0.2, -0.15) is 5.26 Å². The van der Waals surface area contributed by atoms with E-state index in [4.69, 9.17) is 5.26 Å². The molecule has 4 nitrogen and oxygen atoms in total. The van der Waals surface area contributed by atoms with Crippen LogP contribution in [0, 0.1) is 16.7 Å². The van der Waals surface area contributed by atoms with Crippen LogP contribution in [0.3, 0.4) is 0 Å². The van der Waals surface area contributed by atoms with E-state index in [0.29, 0.717) is 18.4 Å². The van der Waals surface area contributed by atoms with Gasteiger partial charge in [-0.1, -0.05) is 0 Å². The third-order valence-electron chi connectivity index (χ3n) is 3.55. The molecule has 0 aromatic carbocycles. The molecule has 1 aliphatic carbocycles. The summed E-state index contributed by atoms with van der Waals surface area (Å²) in [6, 6.07) is 2.15. The van der Waals surface area contributed by atoms with Crippen molar-refractivity contribution in [1.29, 1.82) is 5.26 Å². The zero-order valence-electron chi connectivity index (χ0n) is 9.20. The molecule has 0 radical (unpaired) electrons. The highest BCUT2D eigenvalue weighted by Crippen LogP contribution is 2.52. The largest absolute Gasteiger partial charge is 0.327 e. The maximum absolute atomic E-state index is 11.9. The summed E-state index contributed by atoms with van der Waals surface area (Å²) < 4.78 is 0. The molecule has 0 atom stereocenters. The fourth-order valence-electron chi connectivity index (χ4n) is 2.24. The van der Waals surface area contributed by atoms with E-state index in [9.17, 15) is 4.79 Å². The minimum absolute atomic E-state index is 0.0917. The van der Waals surface area contributed by atoms with Gasteiger partial charge in [-0.05, 0) is 24.7 Å². The molecule has 4 heteroatoms. The van der Waals surface area contributed by atoms with Crippen LogP contribution >= 0.6 is 0 Å². The number of nitriles is 1. The zero-order chi connectivity index (χ0) is 10.9. The van der Waals surface area contributed by atoms with Gasteiger partial charge in [0.1, 0.15) is 0 Å². The van der Waals surface area contributed by atoms with Crippen molar-refractivity contribution in [3.05, 3.63) is 0 Å². The van der Waals surface area contributed by atoms with Crippen LogP contribution in [0.4, 0.5) is 4.79 Å². The molecule has 2 amide bonds. The van der Waals surface area contributed by atoms with Crippen LogP contribution < -0.4 is 0 Å². The number of hydrogen-bond donors (Lipinski definition) is 0. The summed E-state index contributed by atoms with van der Waals surface area (Å²) >= 11 is 0. The Hall–Kier alpha value is -1.24. The van der Waals surface area contributed by atoms with Crippen molar-refractivity contribution >= 4 is 6.03 Å². The van der Waals surface area contributed by atoms with Gasteiger partial charge in [0, 0.05) is 26.7 Å². The average Bonchev–Trinajstić information content (AvgIpc) is 2.85. The normalized spacial score (nSPS) is 21.5. The van der Waals surface area contributed by atoms with Gasteiger partial charge in [0.15, 0.2) is 0 Å². The van der Waals surface area contributed by atoms with Crippen LogP contribution in [0.5, 0.6) is 0 Å². The molecular formula is C11H17N3O. The predicted molar refractivity (Wildman–Crippen MR) is 56.1 cm³/mol. The first kappa shape index (κ1) is 10.3. The highest BCUT2D eigenvalue weighted by molar-refractivity contribution is 5.74. The fourth-order valence-corrected chi connectivity index (χ4v) is 2.24. The lowest BCUT2D eigenvalue weighted by molar-refractivity contribution is 0.172. The van der Waals surface area contributed by atoms with Gasteiger partial charge in [0.25, 0.3) is 0 Å². The van der Waals surface area contributed by atoms with E-state index in [1.807, 2.05) is 4.90 Å².